The van der Waals surface area contributed by atoms with Crippen LogP contribution in [0.3, 0.4) is 0 Å². The molecular weight excluding hydrogens is 254 g/mol. The number of para-hydroxylation sites is 1. The lowest BCUT2D eigenvalue weighted by Gasteiger charge is -2.03. The number of nitrogens with one attached hydrogen (secondary N) is 2. The molecule has 0 saturated heterocycles. The molecule has 2 N–H and O–H groups in total. The highest BCUT2D eigenvalue weighted by atomic mass is 16.6. The Morgan fingerprint density at radius 1 is 1.10 bits per heavy atom. The van der Waals surface area contributed by atoms with Crippen molar-refractivity contribution in [2.24, 2.45) is 0 Å². The molecule has 2 aromatic carbocycles. The second-order valence-electron chi connectivity index (χ2n) is 4.03. The van der Waals surface area contributed by atoms with Crippen molar-refractivity contribution in [2.75, 3.05) is 0 Å². The maximum absolute atomic E-state index is 10.8. The van der Waals surface area contributed by atoms with Crippen molar-refractivity contribution in [3.63, 3.8) is 0 Å². The highest BCUT2D eigenvalue weighted by Crippen LogP contribution is 2.18. The van der Waals surface area contributed by atoms with E-state index in [9.17, 15) is 10.1 Å². The molecule has 5 nitrogen and oxygen atoms in total. The molecule has 0 aliphatic heterocycles. The number of benzene rings is 2. The second kappa shape index (κ2) is 6.29. The first kappa shape index (κ1) is 13.5. The number of nitro groups is 1. The molecule has 0 amide bonds. The Morgan fingerprint density at radius 2 is 1.75 bits per heavy atom. The van der Waals surface area contributed by atoms with Crippen LogP contribution in [-0.4, -0.2) is 10.8 Å². The Hall–Kier alpha value is -2.95. The molecule has 100 valence electrons. The molecule has 0 aromatic heterocycles. The summed E-state index contributed by atoms with van der Waals surface area (Å²) in [5.41, 5.74) is 1.28. The number of hydrogen-bond donors (Lipinski definition) is 2. The van der Waals surface area contributed by atoms with Gasteiger partial charge < -0.3 is 5.32 Å². The van der Waals surface area contributed by atoms with Crippen LogP contribution in [0.2, 0.25) is 0 Å². The zero-order chi connectivity index (χ0) is 14.4. The largest absolute Gasteiger partial charge is 0.347 e. The van der Waals surface area contributed by atoms with Gasteiger partial charge in [0.15, 0.2) is 0 Å². The van der Waals surface area contributed by atoms with Crippen molar-refractivity contribution in [3.8, 4) is 0 Å². The summed E-state index contributed by atoms with van der Waals surface area (Å²) in [6.07, 6.45) is 3.10. The van der Waals surface area contributed by atoms with Gasteiger partial charge in [0, 0.05) is 17.8 Å². The third kappa shape index (κ3) is 3.29. The van der Waals surface area contributed by atoms with Gasteiger partial charge in [-0.3, -0.25) is 15.5 Å². The Morgan fingerprint density at radius 3 is 2.45 bits per heavy atom. The molecule has 0 saturated carbocycles. The van der Waals surface area contributed by atoms with E-state index in [1.807, 2.05) is 30.3 Å². The van der Waals surface area contributed by atoms with Gasteiger partial charge in [0.05, 0.1) is 10.5 Å². The van der Waals surface area contributed by atoms with E-state index in [0.717, 1.165) is 5.56 Å². The molecule has 0 heterocycles. The lowest BCUT2D eigenvalue weighted by Crippen LogP contribution is -2.16. The van der Waals surface area contributed by atoms with Crippen LogP contribution < -0.4 is 5.32 Å². The number of nitrogens with zero attached hydrogens (tertiary/aromatic N) is 1. The Balaban J connectivity index is 2.08. The van der Waals surface area contributed by atoms with E-state index in [-0.39, 0.29) is 11.5 Å². The van der Waals surface area contributed by atoms with Crippen LogP contribution in [-0.2, 0) is 0 Å². The Bertz CT molecular complexity index is 651. The minimum Gasteiger partial charge on any atom is -0.347 e. The van der Waals surface area contributed by atoms with E-state index in [2.05, 4.69) is 5.32 Å². The summed E-state index contributed by atoms with van der Waals surface area (Å²) < 4.78 is 0. The summed E-state index contributed by atoms with van der Waals surface area (Å²) >= 11 is 0. The Kier molecular flexibility index (Phi) is 4.24. The zero-order valence-corrected chi connectivity index (χ0v) is 10.6. The predicted octanol–water partition coefficient (Wildman–Crippen LogP) is 3.18. The third-order valence-corrected chi connectivity index (χ3v) is 2.69. The fourth-order valence-electron chi connectivity index (χ4n) is 1.70. The van der Waals surface area contributed by atoms with Crippen molar-refractivity contribution in [3.05, 3.63) is 82.0 Å². The molecule has 2 rings (SSSR count). The van der Waals surface area contributed by atoms with E-state index in [1.165, 1.54) is 12.3 Å². The van der Waals surface area contributed by atoms with Crippen LogP contribution >= 0.6 is 0 Å². The van der Waals surface area contributed by atoms with Crippen LogP contribution in [0, 0.1) is 15.5 Å². The van der Waals surface area contributed by atoms with Gasteiger partial charge in [0.2, 0.25) is 0 Å². The average molecular weight is 267 g/mol. The molecule has 2 aromatic rings. The molecule has 0 bridgehead atoms. The van der Waals surface area contributed by atoms with Gasteiger partial charge in [0.1, 0.15) is 5.84 Å². The average Bonchev–Trinajstić information content (AvgIpc) is 2.48. The molecular formula is C15H13N3O2. The van der Waals surface area contributed by atoms with Crippen molar-refractivity contribution in [1.29, 1.82) is 5.41 Å². The lowest BCUT2D eigenvalue weighted by atomic mass is 10.2. The fourth-order valence-corrected chi connectivity index (χ4v) is 1.70. The first-order chi connectivity index (χ1) is 9.68. The van der Waals surface area contributed by atoms with Crippen LogP contribution in [0.15, 0.2) is 60.8 Å². The monoisotopic (exact) mass is 267 g/mol. The van der Waals surface area contributed by atoms with E-state index in [1.54, 1.807) is 24.3 Å². The van der Waals surface area contributed by atoms with Gasteiger partial charge in [-0.05, 0) is 12.1 Å². The highest BCUT2D eigenvalue weighted by Gasteiger charge is 2.08. The van der Waals surface area contributed by atoms with Crippen molar-refractivity contribution < 1.29 is 4.92 Å². The third-order valence-electron chi connectivity index (χ3n) is 2.69. The zero-order valence-electron chi connectivity index (χ0n) is 10.6. The fraction of sp³-hybridized carbons (Fsp3) is 0. The summed E-state index contributed by atoms with van der Waals surface area (Å²) in [6, 6.07) is 15.6. The normalized spacial score (nSPS) is 10.4. The predicted molar refractivity (Wildman–Crippen MR) is 78.5 cm³/mol. The quantitative estimate of drug-likeness (QED) is 0.386. The van der Waals surface area contributed by atoms with Gasteiger partial charge in [-0.1, -0.05) is 42.5 Å². The summed E-state index contributed by atoms with van der Waals surface area (Å²) in [4.78, 5) is 10.4. The minimum absolute atomic E-state index is 0.0387. The minimum atomic E-state index is -0.428. The topological polar surface area (TPSA) is 79.0 Å². The smallest absolute Gasteiger partial charge is 0.276 e. The molecule has 5 heteroatoms. The molecule has 0 atom stereocenters. The summed E-state index contributed by atoms with van der Waals surface area (Å²) in [7, 11) is 0. The SMILES string of the molecule is N=C(NC=Cc1ccccc1[N+](=O)[O-])c1ccccc1. The molecule has 0 fully saturated rings. The van der Waals surface area contributed by atoms with E-state index >= 15 is 0 Å². The number of nitro benzene ring substituents is 1. The molecule has 0 aliphatic carbocycles. The molecule has 0 aliphatic rings. The summed E-state index contributed by atoms with van der Waals surface area (Å²) in [6.45, 7) is 0. The molecule has 0 unspecified atom stereocenters. The first-order valence-corrected chi connectivity index (χ1v) is 5.99. The van der Waals surface area contributed by atoms with E-state index in [0.29, 0.717) is 5.56 Å². The standard InChI is InChI=1S/C15H13N3O2/c16-15(13-7-2-1-3-8-13)17-11-10-12-6-4-5-9-14(12)18(19)20/h1-11H,(H2,16,17). The van der Waals surface area contributed by atoms with E-state index < -0.39 is 4.92 Å². The van der Waals surface area contributed by atoms with Crippen molar-refractivity contribution in [2.45, 2.75) is 0 Å². The summed E-state index contributed by atoms with van der Waals surface area (Å²) in [5.74, 6) is 0.237. The Labute approximate surface area is 116 Å². The maximum atomic E-state index is 10.8. The number of rotatable bonds is 4. The first-order valence-electron chi connectivity index (χ1n) is 5.99. The van der Waals surface area contributed by atoms with Gasteiger partial charge >= 0.3 is 0 Å². The second-order valence-corrected chi connectivity index (χ2v) is 4.03. The van der Waals surface area contributed by atoms with Crippen molar-refractivity contribution >= 4 is 17.6 Å². The maximum Gasteiger partial charge on any atom is 0.276 e. The number of amidine groups is 1. The van der Waals surface area contributed by atoms with E-state index in [4.69, 9.17) is 5.41 Å². The number of hydrogen-bond acceptors (Lipinski definition) is 3. The van der Waals surface area contributed by atoms with Crippen LogP contribution in [0.5, 0.6) is 0 Å². The van der Waals surface area contributed by atoms with Crippen LogP contribution in [0.4, 0.5) is 5.69 Å². The van der Waals surface area contributed by atoms with Crippen molar-refractivity contribution in [1.82, 2.24) is 5.32 Å². The molecule has 20 heavy (non-hydrogen) atoms. The van der Waals surface area contributed by atoms with Gasteiger partial charge in [-0.15, -0.1) is 0 Å². The van der Waals surface area contributed by atoms with Crippen LogP contribution in [0.25, 0.3) is 6.08 Å². The van der Waals surface area contributed by atoms with Gasteiger partial charge in [-0.25, -0.2) is 0 Å². The summed E-state index contributed by atoms with van der Waals surface area (Å²) in [5, 5.41) is 21.5. The van der Waals surface area contributed by atoms with Gasteiger partial charge in [0.25, 0.3) is 5.69 Å². The lowest BCUT2D eigenvalue weighted by molar-refractivity contribution is -0.385. The molecule has 0 radical (unpaired) electrons. The van der Waals surface area contributed by atoms with Crippen LogP contribution in [0.1, 0.15) is 11.1 Å². The van der Waals surface area contributed by atoms with Gasteiger partial charge in [-0.2, -0.15) is 0 Å². The molecule has 0 spiro atoms. The highest BCUT2D eigenvalue weighted by molar-refractivity contribution is 5.97.